The third-order valence-electron chi connectivity index (χ3n) is 4.70. The summed E-state index contributed by atoms with van der Waals surface area (Å²) in [7, 11) is 0. The van der Waals surface area contributed by atoms with Crippen molar-refractivity contribution in [2.75, 3.05) is 32.8 Å². The van der Waals surface area contributed by atoms with Crippen molar-refractivity contribution in [1.29, 1.82) is 0 Å². The Morgan fingerprint density at radius 3 is 2.62 bits per heavy atom. The second-order valence-electron chi connectivity index (χ2n) is 7.44. The molecule has 0 saturated heterocycles. The molecule has 6 nitrogen and oxygen atoms in total. The lowest BCUT2D eigenvalue weighted by Gasteiger charge is -2.26. The van der Waals surface area contributed by atoms with Crippen LogP contribution in [0.1, 0.15) is 32.0 Å². The van der Waals surface area contributed by atoms with Crippen LogP contribution in [0, 0.1) is 0 Å². The van der Waals surface area contributed by atoms with Crippen LogP contribution >= 0.6 is 24.0 Å². The molecule has 29 heavy (non-hydrogen) atoms. The Hall–Kier alpha value is -2.03. The first kappa shape index (κ1) is 23.3. The van der Waals surface area contributed by atoms with E-state index in [0.717, 1.165) is 42.7 Å². The molecule has 2 aromatic rings. The fraction of sp³-hybridized carbons (Fsp3) is 0.455. The number of fused-ring (bicyclic) bond motifs is 1. The lowest BCUT2D eigenvalue weighted by Crippen LogP contribution is -2.39. The highest BCUT2D eigenvalue weighted by Crippen LogP contribution is 2.35. The summed E-state index contributed by atoms with van der Waals surface area (Å²) in [5.41, 5.74) is 2.13. The minimum atomic E-state index is -0.126. The first-order valence-corrected chi connectivity index (χ1v) is 9.91. The van der Waals surface area contributed by atoms with Crippen LogP contribution < -0.4 is 20.1 Å². The van der Waals surface area contributed by atoms with Crippen LogP contribution in [0.15, 0.2) is 47.6 Å². The highest BCUT2D eigenvalue weighted by Gasteiger charge is 2.23. The maximum atomic E-state index is 5.73. The van der Waals surface area contributed by atoms with Gasteiger partial charge in [0.1, 0.15) is 13.2 Å². The fourth-order valence-electron chi connectivity index (χ4n) is 3.03. The van der Waals surface area contributed by atoms with Crippen molar-refractivity contribution in [3.63, 3.8) is 0 Å². The van der Waals surface area contributed by atoms with Gasteiger partial charge in [-0.05, 0) is 36.8 Å². The predicted molar refractivity (Wildman–Crippen MR) is 128 cm³/mol. The summed E-state index contributed by atoms with van der Waals surface area (Å²) in [6.07, 6.45) is 2.68. The van der Waals surface area contributed by atoms with Gasteiger partial charge in [0.05, 0.1) is 6.54 Å². The lowest BCUT2D eigenvalue weighted by atomic mass is 9.84. The number of nitrogens with one attached hydrogen (secondary N) is 2. The van der Waals surface area contributed by atoms with Crippen LogP contribution in [0.4, 0.5) is 0 Å². The van der Waals surface area contributed by atoms with Crippen LogP contribution in [0.5, 0.6) is 11.5 Å². The number of rotatable bonds is 7. The van der Waals surface area contributed by atoms with Crippen molar-refractivity contribution in [1.82, 2.24) is 15.6 Å². The molecule has 1 aliphatic rings. The van der Waals surface area contributed by atoms with Gasteiger partial charge in [0.15, 0.2) is 17.5 Å². The van der Waals surface area contributed by atoms with E-state index in [0.29, 0.717) is 19.8 Å². The van der Waals surface area contributed by atoms with E-state index in [1.54, 1.807) is 0 Å². The summed E-state index contributed by atoms with van der Waals surface area (Å²) >= 11 is 0. The summed E-state index contributed by atoms with van der Waals surface area (Å²) in [6.45, 7) is 9.93. The highest BCUT2D eigenvalue weighted by atomic mass is 127. The Labute approximate surface area is 190 Å². The normalized spacial score (nSPS) is 13.4. The average Bonchev–Trinajstić information content (AvgIpc) is 2.72. The van der Waals surface area contributed by atoms with E-state index in [1.165, 1.54) is 5.56 Å². The molecule has 0 aliphatic carbocycles. The molecule has 0 bridgehead atoms. The van der Waals surface area contributed by atoms with Crippen LogP contribution in [0.25, 0.3) is 0 Å². The monoisotopic (exact) mass is 510 g/mol. The molecular formula is C22H31IN4O2. The van der Waals surface area contributed by atoms with Crippen molar-refractivity contribution in [2.45, 2.75) is 32.6 Å². The largest absolute Gasteiger partial charge is 0.486 e. The number of nitrogens with zero attached hydrogens (tertiary/aromatic N) is 2. The predicted octanol–water partition coefficient (Wildman–Crippen LogP) is 3.55. The van der Waals surface area contributed by atoms with Crippen molar-refractivity contribution in [2.24, 2.45) is 4.99 Å². The minimum absolute atomic E-state index is 0. The first-order valence-electron chi connectivity index (χ1n) is 9.91. The Morgan fingerprint density at radius 1 is 1.10 bits per heavy atom. The van der Waals surface area contributed by atoms with Gasteiger partial charge in [-0.25, -0.2) is 0 Å². The summed E-state index contributed by atoms with van der Waals surface area (Å²) in [6, 6.07) is 12.2. The molecular weight excluding hydrogens is 479 g/mol. The number of aromatic nitrogens is 1. The maximum Gasteiger partial charge on any atom is 0.191 e. The van der Waals surface area contributed by atoms with Crippen LogP contribution in [-0.2, 0) is 11.8 Å². The van der Waals surface area contributed by atoms with Crippen molar-refractivity contribution < 1.29 is 9.47 Å². The lowest BCUT2D eigenvalue weighted by molar-refractivity contribution is 0.171. The first-order chi connectivity index (χ1) is 13.6. The van der Waals surface area contributed by atoms with E-state index in [9.17, 15) is 0 Å². The molecule has 0 saturated carbocycles. The summed E-state index contributed by atoms with van der Waals surface area (Å²) in [5.74, 6) is 2.46. The molecule has 2 heterocycles. The minimum Gasteiger partial charge on any atom is -0.486 e. The molecule has 0 atom stereocenters. The smallest absolute Gasteiger partial charge is 0.191 e. The molecule has 1 aliphatic heterocycles. The van der Waals surface area contributed by atoms with Gasteiger partial charge < -0.3 is 20.1 Å². The molecule has 1 aromatic heterocycles. The number of hydrogen-bond donors (Lipinski definition) is 2. The molecule has 1 aromatic carbocycles. The second-order valence-corrected chi connectivity index (χ2v) is 7.44. The van der Waals surface area contributed by atoms with E-state index in [1.807, 2.05) is 30.5 Å². The Balaban J connectivity index is 0.00000300. The van der Waals surface area contributed by atoms with Crippen molar-refractivity contribution >= 4 is 29.9 Å². The van der Waals surface area contributed by atoms with E-state index in [2.05, 4.69) is 48.5 Å². The molecule has 0 fully saturated rings. The third kappa shape index (κ3) is 6.76. The molecule has 0 spiro atoms. The van der Waals surface area contributed by atoms with Gasteiger partial charge in [-0.1, -0.05) is 26.0 Å². The molecule has 7 heteroatoms. The topological polar surface area (TPSA) is 67.8 Å². The summed E-state index contributed by atoms with van der Waals surface area (Å²) in [4.78, 5) is 9.17. The SMILES string of the molecule is CCNC(=NCC(C)(C)c1ccc2c(c1)OCCO2)NCCc1ccccn1.I. The zero-order valence-electron chi connectivity index (χ0n) is 17.4. The van der Waals surface area contributed by atoms with Gasteiger partial charge >= 0.3 is 0 Å². The fourth-order valence-corrected chi connectivity index (χ4v) is 3.03. The highest BCUT2D eigenvalue weighted by molar-refractivity contribution is 14.0. The molecule has 158 valence electrons. The van der Waals surface area contributed by atoms with Gasteiger partial charge in [0.25, 0.3) is 0 Å². The molecule has 0 unspecified atom stereocenters. The Kier molecular flexibility index (Phi) is 9.00. The number of benzene rings is 1. The van der Waals surface area contributed by atoms with Gasteiger partial charge in [-0.2, -0.15) is 0 Å². The van der Waals surface area contributed by atoms with Gasteiger partial charge in [-0.15, -0.1) is 24.0 Å². The van der Waals surface area contributed by atoms with Crippen LogP contribution in [-0.4, -0.2) is 43.8 Å². The molecule has 0 radical (unpaired) electrons. The standard InChI is InChI=1S/C22H30N4O2.HI/c1-4-23-21(25-12-10-18-7-5-6-11-24-18)26-16-22(2,3)17-8-9-19-20(15-17)28-14-13-27-19;/h5-9,11,15H,4,10,12-14,16H2,1-3H3,(H2,23,25,26);1H. The maximum absolute atomic E-state index is 5.73. The number of aliphatic imine (C=N–C) groups is 1. The van der Waals surface area contributed by atoms with E-state index < -0.39 is 0 Å². The molecule has 3 rings (SSSR count). The van der Waals surface area contributed by atoms with E-state index in [-0.39, 0.29) is 29.4 Å². The second kappa shape index (κ2) is 11.2. The summed E-state index contributed by atoms with van der Waals surface area (Å²) in [5, 5.41) is 6.71. The number of pyridine rings is 1. The molecule has 2 N–H and O–H groups in total. The van der Waals surface area contributed by atoms with Gasteiger partial charge in [0.2, 0.25) is 0 Å². The quantitative estimate of drug-likeness (QED) is 0.339. The third-order valence-corrected chi connectivity index (χ3v) is 4.70. The number of hydrogen-bond acceptors (Lipinski definition) is 4. The zero-order chi connectivity index (χ0) is 19.8. The van der Waals surface area contributed by atoms with Crippen molar-refractivity contribution in [3.05, 3.63) is 53.9 Å². The number of halogens is 1. The van der Waals surface area contributed by atoms with E-state index in [4.69, 9.17) is 14.5 Å². The van der Waals surface area contributed by atoms with Crippen LogP contribution in [0.3, 0.4) is 0 Å². The zero-order valence-corrected chi connectivity index (χ0v) is 19.7. The van der Waals surface area contributed by atoms with E-state index >= 15 is 0 Å². The van der Waals surface area contributed by atoms with Gasteiger partial charge in [0, 0.05) is 36.8 Å². The van der Waals surface area contributed by atoms with Crippen molar-refractivity contribution in [3.8, 4) is 11.5 Å². The Morgan fingerprint density at radius 2 is 1.90 bits per heavy atom. The van der Waals surface area contributed by atoms with Gasteiger partial charge in [-0.3, -0.25) is 9.98 Å². The average molecular weight is 510 g/mol. The molecule has 0 amide bonds. The number of ether oxygens (including phenoxy) is 2. The van der Waals surface area contributed by atoms with Crippen LogP contribution in [0.2, 0.25) is 0 Å². The number of guanidine groups is 1. The summed E-state index contributed by atoms with van der Waals surface area (Å²) < 4.78 is 11.4. The Bertz CT molecular complexity index is 797.